The van der Waals surface area contributed by atoms with E-state index in [1.807, 2.05) is 22.6 Å². The van der Waals surface area contributed by atoms with Crippen molar-refractivity contribution in [2.75, 3.05) is 19.0 Å². The number of nitrogens with zero attached hydrogens (tertiary/aromatic N) is 1. The van der Waals surface area contributed by atoms with Crippen molar-refractivity contribution < 1.29 is 37.0 Å². The molecule has 0 atom stereocenters. The third kappa shape index (κ3) is 6.30. The molecule has 0 radical (unpaired) electrons. The molecule has 1 aliphatic rings. The number of carbonyl (C=O) groups is 3. The van der Waals surface area contributed by atoms with Crippen molar-refractivity contribution in [1.82, 2.24) is 4.90 Å². The first-order valence-corrected chi connectivity index (χ1v) is 12.8. The van der Waals surface area contributed by atoms with E-state index in [2.05, 4.69) is 5.32 Å². The lowest BCUT2D eigenvalue weighted by molar-refractivity contribution is -0.127. The number of benzene rings is 3. The van der Waals surface area contributed by atoms with Crippen LogP contribution in [0.25, 0.3) is 6.08 Å². The van der Waals surface area contributed by atoms with Crippen molar-refractivity contribution in [3.63, 3.8) is 0 Å². The summed E-state index contributed by atoms with van der Waals surface area (Å²) in [7, 11) is 1.43. The first kappa shape index (κ1) is 27.5. The zero-order valence-corrected chi connectivity index (χ0v) is 22.6. The molecule has 1 saturated heterocycles. The zero-order valence-electron chi connectivity index (χ0n) is 19.6. The fraction of sp³-hybridized carbons (Fsp3) is 0.115. The van der Waals surface area contributed by atoms with Gasteiger partial charge in [0, 0.05) is 11.6 Å². The van der Waals surface area contributed by atoms with E-state index in [1.54, 1.807) is 30.3 Å². The normalized spacial score (nSPS) is 14.2. The van der Waals surface area contributed by atoms with Gasteiger partial charge < -0.3 is 14.8 Å². The summed E-state index contributed by atoms with van der Waals surface area (Å²) in [5.74, 6) is -3.02. The van der Waals surface area contributed by atoms with Crippen LogP contribution in [0.3, 0.4) is 0 Å². The number of nitrogens with one attached hydrogen (secondary N) is 1. The molecule has 0 saturated carbocycles. The molecular weight excluding hydrogens is 636 g/mol. The number of rotatable bonds is 8. The van der Waals surface area contributed by atoms with Crippen LogP contribution in [-0.4, -0.2) is 35.6 Å². The fourth-order valence-corrected chi connectivity index (χ4v) is 5.06. The van der Waals surface area contributed by atoms with E-state index >= 15 is 0 Å². The number of ether oxygens (including phenoxy) is 2. The molecule has 3 aromatic rings. The molecule has 3 amide bonds. The van der Waals surface area contributed by atoms with E-state index in [0.717, 1.165) is 17.0 Å². The lowest BCUT2D eigenvalue weighted by Gasteiger charge is -2.14. The van der Waals surface area contributed by atoms with Crippen molar-refractivity contribution in [3.05, 3.63) is 91.7 Å². The number of hydrogen-bond acceptors (Lipinski definition) is 6. The smallest absolute Gasteiger partial charge is 0.294 e. The summed E-state index contributed by atoms with van der Waals surface area (Å²) >= 11 is 2.65. The Morgan fingerprint density at radius 1 is 1.08 bits per heavy atom. The number of hydrogen-bond donors (Lipinski definition) is 1. The number of thioether (sulfide) groups is 1. The second kappa shape index (κ2) is 11.9. The Hall–Kier alpha value is -3.52. The fourth-order valence-electron chi connectivity index (χ4n) is 3.44. The van der Waals surface area contributed by atoms with E-state index < -0.39 is 41.0 Å². The molecule has 196 valence electrons. The monoisotopic (exact) mass is 654 g/mol. The van der Waals surface area contributed by atoms with E-state index in [1.165, 1.54) is 19.3 Å². The summed E-state index contributed by atoms with van der Waals surface area (Å²) in [4.78, 5) is 38.4. The van der Waals surface area contributed by atoms with Crippen molar-refractivity contribution in [2.24, 2.45) is 0 Å². The summed E-state index contributed by atoms with van der Waals surface area (Å²) in [6.45, 7) is -0.677. The van der Waals surface area contributed by atoms with Gasteiger partial charge in [-0.15, -0.1) is 0 Å². The van der Waals surface area contributed by atoms with Crippen LogP contribution in [0.4, 0.5) is 23.7 Å². The molecule has 0 bridgehead atoms. The molecule has 0 aliphatic carbocycles. The van der Waals surface area contributed by atoms with E-state index in [9.17, 15) is 27.6 Å². The summed E-state index contributed by atoms with van der Waals surface area (Å²) < 4.78 is 52.6. The molecule has 0 aromatic heterocycles. The van der Waals surface area contributed by atoms with Gasteiger partial charge >= 0.3 is 0 Å². The molecule has 0 unspecified atom stereocenters. The Morgan fingerprint density at radius 2 is 1.84 bits per heavy atom. The van der Waals surface area contributed by atoms with Gasteiger partial charge in [0.25, 0.3) is 11.1 Å². The van der Waals surface area contributed by atoms with Gasteiger partial charge in [0.2, 0.25) is 5.91 Å². The summed E-state index contributed by atoms with van der Waals surface area (Å²) in [5.41, 5.74) is 0.611. The third-order valence-corrected chi connectivity index (χ3v) is 6.97. The van der Waals surface area contributed by atoms with Crippen LogP contribution in [0.5, 0.6) is 11.5 Å². The Kier molecular flexibility index (Phi) is 8.62. The maximum Gasteiger partial charge on any atom is 0.294 e. The number of methoxy groups -OCH3 is 1. The summed E-state index contributed by atoms with van der Waals surface area (Å²) in [6, 6.07) is 12.1. The highest BCUT2D eigenvalue weighted by Gasteiger charge is 2.36. The van der Waals surface area contributed by atoms with Gasteiger partial charge in [-0.25, -0.2) is 13.2 Å². The maximum atomic E-state index is 13.9. The average molecular weight is 654 g/mol. The first-order valence-electron chi connectivity index (χ1n) is 10.9. The zero-order chi connectivity index (χ0) is 27.4. The Balaban J connectivity index is 1.48. The predicted molar refractivity (Wildman–Crippen MR) is 144 cm³/mol. The van der Waals surface area contributed by atoms with Crippen molar-refractivity contribution in [1.29, 1.82) is 0 Å². The standard InChI is InChI=1S/C26H18F3IN2O5S/c1-36-21-9-14(8-19(30)24(21)37-13-15-4-2-3-5-17(15)28)10-22-25(34)32(26(35)38-22)12-23(33)31-20-7-6-16(27)11-18(20)29/h2-11H,12-13H2,1H3,(H,31,33)/b22-10+. The maximum absolute atomic E-state index is 13.9. The second-order valence-electron chi connectivity index (χ2n) is 7.85. The van der Waals surface area contributed by atoms with Crippen LogP contribution < -0.4 is 14.8 Å². The molecular formula is C26H18F3IN2O5S. The first-order chi connectivity index (χ1) is 18.2. The lowest BCUT2D eigenvalue weighted by atomic mass is 10.1. The highest BCUT2D eigenvalue weighted by molar-refractivity contribution is 14.1. The quantitative estimate of drug-likeness (QED) is 0.238. The number of amides is 3. The van der Waals surface area contributed by atoms with Crippen molar-refractivity contribution in [2.45, 2.75) is 6.61 Å². The van der Waals surface area contributed by atoms with Gasteiger partial charge in [-0.1, -0.05) is 18.2 Å². The van der Waals surface area contributed by atoms with E-state index in [4.69, 9.17) is 9.47 Å². The number of anilines is 1. The van der Waals surface area contributed by atoms with Crippen molar-refractivity contribution in [3.8, 4) is 11.5 Å². The number of halogens is 4. The Labute approximate surface area is 233 Å². The molecule has 3 aromatic carbocycles. The lowest BCUT2D eigenvalue weighted by Crippen LogP contribution is -2.36. The van der Waals surface area contributed by atoms with Gasteiger partial charge in [0.05, 0.1) is 21.3 Å². The highest BCUT2D eigenvalue weighted by atomic mass is 127. The molecule has 7 nitrogen and oxygen atoms in total. The molecule has 1 heterocycles. The minimum Gasteiger partial charge on any atom is -0.493 e. The topological polar surface area (TPSA) is 84.9 Å². The van der Waals surface area contributed by atoms with Crippen molar-refractivity contribution >= 4 is 63.2 Å². The van der Waals surface area contributed by atoms with E-state index in [-0.39, 0.29) is 17.2 Å². The molecule has 12 heteroatoms. The largest absolute Gasteiger partial charge is 0.493 e. The van der Waals surface area contributed by atoms with Crippen LogP contribution in [-0.2, 0) is 16.2 Å². The van der Waals surface area contributed by atoms with Crippen LogP contribution in [0.1, 0.15) is 11.1 Å². The minimum atomic E-state index is -0.989. The Morgan fingerprint density at radius 3 is 2.55 bits per heavy atom. The highest BCUT2D eigenvalue weighted by Crippen LogP contribution is 2.37. The van der Waals surface area contributed by atoms with E-state index in [0.29, 0.717) is 44.0 Å². The van der Waals surface area contributed by atoms with Crippen LogP contribution in [0.2, 0.25) is 0 Å². The second-order valence-corrected chi connectivity index (χ2v) is 10.0. The molecule has 38 heavy (non-hydrogen) atoms. The van der Waals surface area contributed by atoms with Gasteiger partial charge in [0.15, 0.2) is 11.5 Å². The Bertz CT molecular complexity index is 1470. The minimum absolute atomic E-state index is 0.0266. The SMILES string of the molecule is COc1cc(/C=C2/SC(=O)N(CC(=O)Nc3ccc(F)cc3F)C2=O)cc(I)c1OCc1ccccc1F. The molecule has 1 aliphatic heterocycles. The number of imide groups is 1. The van der Waals surface area contributed by atoms with Crippen LogP contribution in [0, 0.1) is 21.0 Å². The van der Waals surface area contributed by atoms with Gasteiger partial charge in [-0.3, -0.25) is 19.3 Å². The van der Waals surface area contributed by atoms with Crippen LogP contribution >= 0.6 is 34.4 Å². The predicted octanol–water partition coefficient (Wildman–Crippen LogP) is 5.97. The van der Waals surface area contributed by atoms with Crippen LogP contribution in [0.15, 0.2) is 59.5 Å². The molecule has 4 rings (SSSR count). The van der Waals surface area contributed by atoms with Gasteiger partial charge in [-0.2, -0.15) is 0 Å². The summed E-state index contributed by atoms with van der Waals surface area (Å²) in [6.07, 6.45) is 1.47. The van der Waals surface area contributed by atoms with Gasteiger partial charge in [-0.05, 0) is 76.3 Å². The molecule has 1 fully saturated rings. The summed E-state index contributed by atoms with van der Waals surface area (Å²) in [5, 5.41) is 1.54. The molecule has 1 N–H and O–H groups in total. The average Bonchev–Trinajstić information content (AvgIpc) is 3.13. The number of carbonyl (C=O) groups excluding carboxylic acids is 3. The molecule has 0 spiro atoms. The third-order valence-electron chi connectivity index (χ3n) is 5.26. The van der Waals surface area contributed by atoms with Gasteiger partial charge in [0.1, 0.15) is 30.6 Å².